The van der Waals surface area contributed by atoms with Crippen LogP contribution in [0.2, 0.25) is 0 Å². The second kappa shape index (κ2) is 12.1. The van der Waals surface area contributed by atoms with Crippen LogP contribution in [-0.2, 0) is 14.8 Å². The molecule has 1 heterocycles. The van der Waals surface area contributed by atoms with Crippen LogP contribution in [0, 0.1) is 0 Å². The van der Waals surface area contributed by atoms with E-state index in [1.165, 1.54) is 6.08 Å². The van der Waals surface area contributed by atoms with E-state index in [1.807, 2.05) is 0 Å². The first kappa shape index (κ1) is 23.6. The van der Waals surface area contributed by atoms with E-state index >= 15 is 0 Å². The maximum absolute atomic E-state index is 12.8. The van der Waals surface area contributed by atoms with Crippen LogP contribution >= 0.6 is 0 Å². The molecule has 0 atom stereocenters. The van der Waals surface area contributed by atoms with Gasteiger partial charge in [0, 0.05) is 25.7 Å². The molecule has 162 valence electrons. The molecule has 0 unspecified atom stereocenters. The number of sulfonamides is 1. The highest BCUT2D eigenvalue weighted by Gasteiger charge is 2.24. The molecule has 1 aromatic rings. The van der Waals surface area contributed by atoms with Crippen LogP contribution in [0.4, 0.5) is 0 Å². The number of nitrogens with zero attached hydrogens (tertiary/aromatic N) is 2. The fourth-order valence-corrected chi connectivity index (χ4v) is 4.98. The minimum absolute atomic E-state index is 0.134. The van der Waals surface area contributed by atoms with E-state index in [0.717, 1.165) is 57.3 Å². The fraction of sp³-hybridized carbons (Fsp3) is 0.591. The molecular formula is C22H35N3O3S. The van der Waals surface area contributed by atoms with Crippen LogP contribution in [0.5, 0.6) is 0 Å². The van der Waals surface area contributed by atoms with E-state index in [2.05, 4.69) is 24.1 Å². The lowest BCUT2D eigenvalue weighted by molar-refractivity contribution is -0.116. The lowest BCUT2D eigenvalue weighted by Gasteiger charge is -2.19. The van der Waals surface area contributed by atoms with E-state index in [-0.39, 0.29) is 5.91 Å². The number of amides is 1. The van der Waals surface area contributed by atoms with E-state index < -0.39 is 10.0 Å². The second-order valence-electron chi connectivity index (χ2n) is 7.39. The van der Waals surface area contributed by atoms with E-state index in [4.69, 9.17) is 0 Å². The monoisotopic (exact) mass is 421 g/mol. The Balaban J connectivity index is 1.85. The van der Waals surface area contributed by atoms with Crippen molar-refractivity contribution in [1.29, 1.82) is 0 Å². The van der Waals surface area contributed by atoms with Gasteiger partial charge in [0.15, 0.2) is 0 Å². The fourth-order valence-electron chi connectivity index (χ4n) is 3.47. The van der Waals surface area contributed by atoms with Gasteiger partial charge < -0.3 is 10.2 Å². The summed E-state index contributed by atoms with van der Waals surface area (Å²) < 4.78 is 27.2. The van der Waals surface area contributed by atoms with E-state index in [0.29, 0.717) is 24.5 Å². The zero-order valence-electron chi connectivity index (χ0n) is 17.8. The van der Waals surface area contributed by atoms with Gasteiger partial charge in [0.2, 0.25) is 15.9 Å². The van der Waals surface area contributed by atoms with Crippen molar-refractivity contribution in [1.82, 2.24) is 14.5 Å². The van der Waals surface area contributed by atoms with Crippen molar-refractivity contribution in [3.63, 3.8) is 0 Å². The summed E-state index contributed by atoms with van der Waals surface area (Å²) in [5, 5.41) is 2.89. The highest BCUT2D eigenvalue weighted by molar-refractivity contribution is 7.89. The molecule has 2 rings (SSSR count). The van der Waals surface area contributed by atoms with Crippen LogP contribution in [-0.4, -0.2) is 62.8 Å². The van der Waals surface area contributed by atoms with Gasteiger partial charge in [-0.15, -0.1) is 0 Å². The van der Waals surface area contributed by atoms with Crippen molar-refractivity contribution in [3.8, 4) is 0 Å². The average molecular weight is 422 g/mol. The summed E-state index contributed by atoms with van der Waals surface area (Å²) in [5.41, 5.74) is 0.804. The van der Waals surface area contributed by atoms with Crippen molar-refractivity contribution in [2.45, 2.75) is 50.8 Å². The van der Waals surface area contributed by atoms with Crippen LogP contribution in [0.3, 0.4) is 0 Å². The molecule has 6 nitrogen and oxygen atoms in total. The summed E-state index contributed by atoms with van der Waals surface area (Å²) in [6.45, 7) is 9.12. The first-order chi connectivity index (χ1) is 14.0. The molecule has 1 saturated heterocycles. The molecule has 0 radical (unpaired) electrons. The Morgan fingerprint density at radius 2 is 1.69 bits per heavy atom. The molecule has 29 heavy (non-hydrogen) atoms. The van der Waals surface area contributed by atoms with Crippen molar-refractivity contribution < 1.29 is 13.2 Å². The molecule has 0 aliphatic carbocycles. The number of carbonyl (C=O) groups excluding carboxylic acids is 1. The average Bonchev–Trinajstić information content (AvgIpc) is 3.03. The highest BCUT2D eigenvalue weighted by atomic mass is 32.2. The minimum Gasteiger partial charge on any atom is -0.353 e. The summed E-state index contributed by atoms with van der Waals surface area (Å²) in [6.07, 6.45) is 8.15. The summed E-state index contributed by atoms with van der Waals surface area (Å²) >= 11 is 0. The van der Waals surface area contributed by atoms with Gasteiger partial charge in [0.05, 0.1) is 4.90 Å². The smallest absolute Gasteiger partial charge is 0.243 e. The molecule has 1 amide bonds. The Hall–Kier alpha value is -1.70. The van der Waals surface area contributed by atoms with Gasteiger partial charge >= 0.3 is 0 Å². The molecule has 1 fully saturated rings. The van der Waals surface area contributed by atoms with Gasteiger partial charge in [0.25, 0.3) is 0 Å². The number of carbonyl (C=O) groups is 1. The lowest BCUT2D eigenvalue weighted by Crippen LogP contribution is -2.31. The van der Waals surface area contributed by atoms with Gasteiger partial charge in [-0.25, -0.2) is 8.42 Å². The van der Waals surface area contributed by atoms with Gasteiger partial charge in [-0.2, -0.15) is 4.31 Å². The number of hydrogen-bond donors (Lipinski definition) is 1. The Morgan fingerprint density at radius 1 is 1.07 bits per heavy atom. The number of hydrogen-bond acceptors (Lipinski definition) is 4. The summed E-state index contributed by atoms with van der Waals surface area (Å²) in [6, 6.07) is 6.74. The molecule has 1 aliphatic rings. The van der Waals surface area contributed by atoms with Crippen LogP contribution in [0.15, 0.2) is 35.2 Å². The van der Waals surface area contributed by atoms with Crippen LogP contribution in [0.1, 0.15) is 51.5 Å². The molecule has 1 aliphatic heterocycles. The lowest BCUT2D eigenvalue weighted by atomic mass is 10.2. The predicted molar refractivity (Wildman–Crippen MR) is 118 cm³/mol. The van der Waals surface area contributed by atoms with Crippen LogP contribution < -0.4 is 5.32 Å². The van der Waals surface area contributed by atoms with Gasteiger partial charge in [0.1, 0.15) is 0 Å². The molecule has 0 saturated carbocycles. The van der Waals surface area contributed by atoms with E-state index in [9.17, 15) is 13.2 Å². The van der Waals surface area contributed by atoms with Crippen molar-refractivity contribution in [2.24, 2.45) is 0 Å². The molecule has 0 spiro atoms. The first-order valence-electron chi connectivity index (χ1n) is 10.8. The molecule has 1 N–H and O–H groups in total. The Morgan fingerprint density at radius 3 is 2.28 bits per heavy atom. The molecule has 1 aromatic carbocycles. The van der Waals surface area contributed by atoms with Crippen molar-refractivity contribution >= 4 is 22.0 Å². The maximum atomic E-state index is 12.8. The first-order valence-corrected chi connectivity index (χ1v) is 12.2. The predicted octanol–water partition coefficient (Wildman–Crippen LogP) is 3.11. The molecule has 0 bridgehead atoms. The van der Waals surface area contributed by atoms with Gasteiger partial charge in [-0.1, -0.05) is 38.8 Å². The van der Waals surface area contributed by atoms with Crippen molar-refractivity contribution in [2.75, 3.05) is 39.3 Å². The normalized spacial score (nSPS) is 16.2. The highest BCUT2D eigenvalue weighted by Crippen LogP contribution is 2.20. The quantitative estimate of drug-likeness (QED) is 0.466. The number of nitrogens with one attached hydrogen (secondary N) is 1. The molecular weight excluding hydrogens is 386 g/mol. The standard InChI is InChI=1S/C22H35N3O3S/c1-3-24(4-2)17-9-16-23-22(26)15-12-20-10-13-21(14-11-20)29(27,28)25-18-7-5-6-8-19-25/h10-15H,3-9,16-19H2,1-2H3,(H,23,26)/b15-12+. The topological polar surface area (TPSA) is 69.7 Å². The number of rotatable bonds is 10. The minimum atomic E-state index is -3.43. The zero-order valence-corrected chi connectivity index (χ0v) is 18.6. The summed E-state index contributed by atoms with van der Waals surface area (Å²) in [4.78, 5) is 14.6. The molecule has 7 heteroatoms. The van der Waals surface area contributed by atoms with E-state index in [1.54, 1.807) is 34.6 Å². The third kappa shape index (κ3) is 7.57. The summed E-state index contributed by atoms with van der Waals surface area (Å²) in [5.74, 6) is -0.134. The molecule has 0 aromatic heterocycles. The maximum Gasteiger partial charge on any atom is 0.243 e. The van der Waals surface area contributed by atoms with Gasteiger partial charge in [-0.05, 0) is 62.7 Å². The third-order valence-electron chi connectivity index (χ3n) is 5.35. The summed E-state index contributed by atoms with van der Waals surface area (Å²) in [7, 11) is -3.43. The zero-order chi connectivity index (χ0) is 21.1. The second-order valence-corrected chi connectivity index (χ2v) is 9.33. The number of benzene rings is 1. The Labute approximate surface area is 176 Å². The Kier molecular flexibility index (Phi) is 9.84. The third-order valence-corrected chi connectivity index (χ3v) is 7.27. The largest absolute Gasteiger partial charge is 0.353 e. The Bertz CT molecular complexity index is 748. The SMILES string of the molecule is CCN(CC)CCCNC(=O)/C=C/c1ccc(S(=O)(=O)N2CCCCCC2)cc1. The van der Waals surface area contributed by atoms with Crippen molar-refractivity contribution in [3.05, 3.63) is 35.9 Å². The van der Waals surface area contributed by atoms with Gasteiger partial charge in [-0.3, -0.25) is 4.79 Å². The van der Waals surface area contributed by atoms with Crippen LogP contribution in [0.25, 0.3) is 6.08 Å².